The molecule has 7 heteroatoms. The van der Waals surface area contributed by atoms with Crippen LogP contribution in [0.4, 0.5) is 0 Å². The SMILES string of the molecule is Cc1ccc2[nH]cc(C[C@H](N)C(=O)OCc3c(CO)cnc(C)c3O)c2c1. The third kappa shape index (κ3) is 3.94. The number of nitrogens with one attached hydrogen (secondary N) is 1. The molecule has 0 aliphatic heterocycles. The normalized spacial score (nSPS) is 12.3. The molecule has 3 rings (SSSR count). The average molecular weight is 369 g/mol. The molecule has 0 amide bonds. The van der Waals surface area contributed by atoms with Gasteiger partial charge in [0, 0.05) is 40.8 Å². The van der Waals surface area contributed by atoms with Gasteiger partial charge in [-0.1, -0.05) is 11.6 Å². The Hall–Kier alpha value is -2.90. The summed E-state index contributed by atoms with van der Waals surface area (Å²) >= 11 is 0. The molecule has 1 aromatic carbocycles. The van der Waals surface area contributed by atoms with Crippen LogP contribution in [-0.4, -0.2) is 32.2 Å². The largest absolute Gasteiger partial charge is 0.506 e. The van der Waals surface area contributed by atoms with Crippen LogP contribution in [-0.2, 0) is 29.2 Å². The zero-order valence-electron chi connectivity index (χ0n) is 15.3. The van der Waals surface area contributed by atoms with Crippen LogP contribution in [0.5, 0.6) is 5.75 Å². The summed E-state index contributed by atoms with van der Waals surface area (Å²) in [5.74, 6) is -0.662. The van der Waals surface area contributed by atoms with E-state index in [4.69, 9.17) is 10.5 Å². The van der Waals surface area contributed by atoms with Crippen molar-refractivity contribution in [3.05, 3.63) is 58.5 Å². The van der Waals surface area contributed by atoms with Crippen LogP contribution in [0.1, 0.15) is 27.9 Å². The fourth-order valence-electron chi connectivity index (χ4n) is 3.01. The minimum Gasteiger partial charge on any atom is -0.506 e. The molecule has 0 radical (unpaired) electrons. The van der Waals surface area contributed by atoms with Gasteiger partial charge >= 0.3 is 5.97 Å². The van der Waals surface area contributed by atoms with Gasteiger partial charge in [-0.05, 0) is 31.5 Å². The molecule has 0 aliphatic carbocycles. The lowest BCUT2D eigenvalue weighted by Gasteiger charge is -2.14. The Balaban J connectivity index is 1.70. The number of ether oxygens (including phenoxy) is 1. The second-order valence-electron chi connectivity index (χ2n) is 6.64. The van der Waals surface area contributed by atoms with E-state index >= 15 is 0 Å². The second kappa shape index (κ2) is 7.77. The maximum Gasteiger partial charge on any atom is 0.323 e. The molecule has 7 nitrogen and oxygen atoms in total. The van der Waals surface area contributed by atoms with E-state index in [9.17, 15) is 15.0 Å². The number of nitrogens with zero attached hydrogens (tertiary/aromatic N) is 1. The number of aliphatic hydroxyl groups is 1. The number of hydrogen-bond acceptors (Lipinski definition) is 6. The number of H-pyrrole nitrogens is 1. The first kappa shape index (κ1) is 18.9. The molecule has 0 aliphatic rings. The number of aromatic amines is 1. The van der Waals surface area contributed by atoms with Crippen LogP contribution < -0.4 is 5.73 Å². The van der Waals surface area contributed by atoms with Crippen LogP contribution in [0, 0.1) is 13.8 Å². The van der Waals surface area contributed by atoms with E-state index < -0.39 is 12.0 Å². The number of carbonyl (C=O) groups excluding carboxylic acids is 1. The quantitative estimate of drug-likeness (QED) is 0.493. The van der Waals surface area contributed by atoms with Crippen molar-refractivity contribution in [2.24, 2.45) is 5.73 Å². The number of benzene rings is 1. The first-order valence-corrected chi connectivity index (χ1v) is 8.66. The van der Waals surface area contributed by atoms with Crippen LogP contribution >= 0.6 is 0 Å². The van der Waals surface area contributed by atoms with Crippen molar-refractivity contribution in [3.8, 4) is 5.75 Å². The monoisotopic (exact) mass is 369 g/mol. The van der Waals surface area contributed by atoms with Gasteiger partial charge in [-0.25, -0.2) is 0 Å². The number of hydrogen-bond donors (Lipinski definition) is 4. The van der Waals surface area contributed by atoms with E-state index in [0.717, 1.165) is 22.0 Å². The summed E-state index contributed by atoms with van der Waals surface area (Å²) in [4.78, 5) is 19.5. The van der Waals surface area contributed by atoms with Gasteiger partial charge in [0.25, 0.3) is 0 Å². The van der Waals surface area contributed by atoms with Gasteiger partial charge in [-0.15, -0.1) is 0 Å². The Morgan fingerprint density at radius 3 is 2.85 bits per heavy atom. The molecular formula is C20H23N3O4. The average Bonchev–Trinajstić information content (AvgIpc) is 3.04. The number of rotatable bonds is 6. The van der Waals surface area contributed by atoms with Gasteiger partial charge < -0.3 is 25.7 Å². The Morgan fingerprint density at radius 2 is 2.11 bits per heavy atom. The lowest BCUT2D eigenvalue weighted by molar-refractivity contribution is -0.146. The van der Waals surface area contributed by atoms with Crippen molar-refractivity contribution < 1.29 is 19.7 Å². The van der Waals surface area contributed by atoms with Crippen molar-refractivity contribution in [1.82, 2.24) is 9.97 Å². The van der Waals surface area contributed by atoms with E-state index in [-0.39, 0.29) is 19.0 Å². The maximum absolute atomic E-state index is 12.3. The topological polar surface area (TPSA) is 121 Å². The summed E-state index contributed by atoms with van der Waals surface area (Å²) in [5, 5.41) is 20.5. The summed E-state index contributed by atoms with van der Waals surface area (Å²) in [6.07, 6.45) is 3.63. The van der Waals surface area contributed by atoms with Crippen molar-refractivity contribution in [1.29, 1.82) is 0 Å². The molecule has 0 fully saturated rings. The van der Waals surface area contributed by atoms with Gasteiger partial charge in [0.15, 0.2) is 0 Å². The number of aliphatic hydroxyl groups excluding tert-OH is 1. The van der Waals surface area contributed by atoms with E-state index in [1.165, 1.54) is 6.20 Å². The first-order chi connectivity index (χ1) is 12.9. The zero-order chi connectivity index (χ0) is 19.6. The van der Waals surface area contributed by atoms with Gasteiger partial charge in [0.1, 0.15) is 18.4 Å². The fraction of sp³-hybridized carbons (Fsp3) is 0.300. The highest BCUT2D eigenvalue weighted by Crippen LogP contribution is 2.25. The fourth-order valence-corrected chi connectivity index (χ4v) is 3.01. The van der Waals surface area contributed by atoms with Gasteiger partial charge in [-0.3, -0.25) is 9.78 Å². The number of esters is 1. The Morgan fingerprint density at radius 1 is 1.33 bits per heavy atom. The van der Waals surface area contributed by atoms with Crippen LogP contribution in [0.15, 0.2) is 30.6 Å². The van der Waals surface area contributed by atoms with E-state index in [1.54, 1.807) is 6.92 Å². The number of pyridine rings is 1. The molecule has 3 aromatic rings. The molecule has 0 unspecified atom stereocenters. The Bertz CT molecular complexity index is 981. The molecule has 142 valence electrons. The van der Waals surface area contributed by atoms with E-state index in [2.05, 4.69) is 9.97 Å². The van der Waals surface area contributed by atoms with E-state index in [0.29, 0.717) is 23.2 Å². The van der Waals surface area contributed by atoms with Crippen LogP contribution in [0.2, 0.25) is 0 Å². The first-order valence-electron chi connectivity index (χ1n) is 8.66. The Labute approximate surface area is 156 Å². The molecule has 5 N–H and O–H groups in total. The minimum atomic E-state index is -0.841. The smallest absolute Gasteiger partial charge is 0.323 e. The number of fused-ring (bicyclic) bond motifs is 1. The summed E-state index contributed by atoms with van der Waals surface area (Å²) < 4.78 is 5.28. The van der Waals surface area contributed by atoms with Gasteiger partial charge in [-0.2, -0.15) is 0 Å². The van der Waals surface area contributed by atoms with Crippen LogP contribution in [0.25, 0.3) is 10.9 Å². The molecule has 0 spiro atoms. The third-order valence-corrected chi connectivity index (χ3v) is 4.62. The number of aromatic hydroxyl groups is 1. The van der Waals surface area contributed by atoms with Crippen molar-refractivity contribution in [2.75, 3.05) is 0 Å². The highest BCUT2D eigenvalue weighted by molar-refractivity contribution is 5.85. The summed E-state index contributed by atoms with van der Waals surface area (Å²) in [5.41, 5.74) is 10.2. The van der Waals surface area contributed by atoms with Gasteiger partial charge in [0.2, 0.25) is 0 Å². The number of nitrogens with two attached hydrogens (primary N) is 1. The lowest BCUT2D eigenvalue weighted by atomic mass is 10.0. The molecule has 0 bridgehead atoms. The predicted molar refractivity (Wildman–Crippen MR) is 101 cm³/mol. The standard InChI is InChI=1S/C20H23N3O4/c1-11-3-4-18-15(5-11)13(7-23-18)6-17(21)20(26)27-10-16-14(9-24)8-22-12(2)19(16)25/h3-5,7-8,17,23-25H,6,9-10,21H2,1-2H3/t17-/m0/s1. The number of aryl methyl sites for hydroxylation is 2. The molecular weight excluding hydrogens is 346 g/mol. The lowest BCUT2D eigenvalue weighted by Crippen LogP contribution is -2.34. The molecule has 27 heavy (non-hydrogen) atoms. The predicted octanol–water partition coefficient (Wildman–Crippen LogP) is 1.99. The second-order valence-corrected chi connectivity index (χ2v) is 6.64. The molecule has 1 atom stereocenters. The third-order valence-electron chi connectivity index (χ3n) is 4.62. The van der Waals surface area contributed by atoms with Crippen molar-refractivity contribution >= 4 is 16.9 Å². The molecule has 2 heterocycles. The summed E-state index contributed by atoms with van der Waals surface area (Å²) in [7, 11) is 0. The molecule has 0 saturated carbocycles. The minimum absolute atomic E-state index is 0.0879. The highest BCUT2D eigenvalue weighted by Gasteiger charge is 2.20. The number of carbonyl (C=O) groups is 1. The summed E-state index contributed by atoms with van der Waals surface area (Å²) in [6.45, 7) is 3.15. The van der Waals surface area contributed by atoms with Crippen molar-refractivity contribution in [2.45, 2.75) is 39.5 Å². The molecule has 2 aromatic heterocycles. The maximum atomic E-state index is 12.3. The summed E-state index contributed by atoms with van der Waals surface area (Å²) in [6, 6.07) is 5.21. The Kier molecular flexibility index (Phi) is 5.43. The highest BCUT2D eigenvalue weighted by atomic mass is 16.5. The van der Waals surface area contributed by atoms with Crippen LogP contribution in [0.3, 0.4) is 0 Å². The van der Waals surface area contributed by atoms with E-state index in [1.807, 2.05) is 31.3 Å². The van der Waals surface area contributed by atoms with Gasteiger partial charge in [0.05, 0.1) is 12.3 Å². The molecule has 0 saturated heterocycles. The number of aromatic nitrogens is 2. The van der Waals surface area contributed by atoms with Crippen molar-refractivity contribution in [3.63, 3.8) is 0 Å². The zero-order valence-corrected chi connectivity index (χ0v) is 15.3.